The number of nitrogens with zero attached hydrogens (tertiary/aromatic N) is 6. The Morgan fingerprint density at radius 2 is 1.68 bits per heavy atom. The van der Waals surface area contributed by atoms with Crippen LogP contribution in [-0.2, 0) is 6.54 Å². The molecule has 1 fully saturated rings. The minimum atomic E-state index is -0.473. The van der Waals surface area contributed by atoms with E-state index in [2.05, 4.69) is 30.3 Å². The van der Waals surface area contributed by atoms with Gasteiger partial charge in [0.05, 0.1) is 12.1 Å². The van der Waals surface area contributed by atoms with Crippen molar-refractivity contribution in [2.24, 2.45) is 0 Å². The second-order valence-electron chi connectivity index (χ2n) is 9.97. The Labute approximate surface area is 229 Å². The zero-order valence-corrected chi connectivity index (χ0v) is 21.6. The predicted octanol–water partition coefficient (Wildman–Crippen LogP) is 2.91. The molecule has 1 unspecified atom stereocenters. The van der Waals surface area contributed by atoms with Gasteiger partial charge in [-0.2, -0.15) is 0 Å². The lowest BCUT2D eigenvalue weighted by atomic mass is 10.0. The minimum Gasteiger partial charge on any atom is -0.508 e. The molecule has 0 radical (unpaired) electrons. The van der Waals surface area contributed by atoms with Gasteiger partial charge in [-0.05, 0) is 52.4 Å². The van der Waals surface area contributed by atoms with Crippen molar-refractivity contribution in [3.8, 4) is 17.2 Å². The summed E-state index contributed by atoms with van der Waals surface area (Å²) >= 11 is 0. The smallest absolute Gasteiger partial charge is 0.253 e. The summed E-state index contributed by atoms with van der Waals surface area (Å²) in [5, 5.41) is 23.3. The lowest BCUT2D eigenvalue weighted by Gasteiger charge is -2.39. The molecule has 2 aliphatic rings. The van der Waals surface area contributed by atoms with Gasteiger partial charge in [0.2, 0.25) is 6.79 Å². The van der Waals surface area contributed by atoms with Crippen LogP contribution in [0.4, 0.5) is 5.69 Å². The zero-order chi connectivity index (χ0) is 27.1. The van der Waals surface area contributed by atoms with Gasteiger partial charge in [0.1, 0.15) is 11.8 Å². The molecule has 0 bridgehead atoms. The summed E-state index contributed by atoms with van der Waals surface area (Å²) in [6.45, 7) is 3.49. The molecular weight excluding hydrogens is 510 g/mol. The van der Waals surface area contributed by atoms with Gasteiger partial charge in [0, 0.05) is 48.9 Å². The SMILES string of the molecule is O=c1[nH]c2cc3c(cc2cc1C(c1nnnn1Cc1ccccc1)N1CCN(c2ccc(O)cc2)CC1)OCO3. The standard InChI is InChI=1S/C29H27N7O4/c37-22-8-6-21(7-9-22)34-10-12-35(13-11-34)27(28-31-32-33-36(28)17-19-4-2-1-3-5-19)23-14-20-15-25-26(40-18-39-25)16-24(20)30-29(23)38/h1-9,14-16,27,37H,10-13,17-18H2,(H,30,38). The maximum Gasteiger partial charge on any atom is 0.253 e. The molecule has 5 aromatic rings. The Morgan fingerprint density at radius 3 is 2.45 bits per heavy atom. The fourth-order valence-electron chi connectivity index (χ4n) is 5.49. The highest BCUT2D eigenvalue weighted by molar-refractivity contribution is 5.83. The average Bonchev–Trinajstić information content (AvgIpc) is 3.63. The first-order valence-corrected chi connectivity index (χ1v) is 13.2. The Morgan fingerprint density at radius 1 is 0.925 bits per heavy atom. The van der Waals surface area contributed by atoms with Crippen LogP contribution in [0.5, 0.6) is 17.2 Å². The molecule has 0 spiro atoms. The number of pyridine rings is 1. The number of nitrogens with one attached hydrogen (secondary N) is 1. The van der Waals surface area contributed by atoms with Gasteiger partial charge >= 0.3 is 0 Å². The summed E-state index contributed by atoms with van der Waals surface area (Å²) in [7, 11) is 0. The van der Waals surface area contributed by atoms with Crippen LogP contribution in [-0.4, -0.2) is 68.2 Å². The van der Waals surface area contributed by atoms with Gasteiger partial charge in [-0.25, -0.2) is 4.68 Å². The number of anilines is 1. The van der Waals surface area contributed by atoms with Gasteiger partial charge in [-0.1, -0.05) is 30.3 Å². The quantitative estimate of drug-likeness (QED) is 0.337. The van der Waals surface area contributed by atoms with Crippen LogP contribution in [0, 0.1) is 0 Å². The highest BCUT2D eigenvalue weighted by atomic mass is 16.7. The molecule has 11 heteroatoms. The Balaban J connectivity index is 1.27. The molecule has 0 amide bonds. The molecule has 2 aliphatic heterocycles. The van der Waals surface area contributed by atoms with E-state index in [0.717, 1.165) is 29.7 Å². The maximum atomic E-state index is 13.6. The molecule has 11 nitrogen and oxygen atoms in total. The van der Waals surface area contributed by atoms with E-state index >= 15 is 0 Å². The maximum absolute atomic E-state index is 13.6. The van der Waals surface area contributed by atoms with Gasteiger partial charge in [-0.15, -0.1) is 5.10 Å². The van der Waals surface area contributed by atoms with E-state index < -0.39 is 6.04 Å². The molecule has 1 atom stereocenters. The second kappa shape index (κ2) is 10.0. The number of aromatic hydroxyl groups is 1. The van der Waals surface area contributed by atoms with Crippen molar-refractivity contribution >= 4 is 16.6 Å². The van der Waals surface area contributed by atoms with E-state index in [9.17, 15) is 9.90 Å². The monoisotopic (exact) mass is 537 g/mol. The van der Waals surface area contributed by atoms with Gasteiger partial charge in [0.25, 0.3) is 5.56 Å². The fourth-order valence-corrected chi connectivity index (χ4v) is 5.49. The number of H-pyrrole nitrogens is 1. The third kappa shape index (κ3) is 4.50. The summed E-state index contributed by atoms with van der Waals surface area (Å²) in [6.07, 6.45) is 0. The van der Waals surface area contributed by atoms with Gasteiger partial charge in [-0.3, -0.25) is 9.69 Å². The lowest BCUT2D eigenvalue weighted by Crippen LogP contribution is -2.49. The number of benzene rings is 3. The average molecular weight is 538 g/mol. The van der Waals surface area contributed by atoms with Crippen molar-refractivity contribution < 1.29 is 14.6 Å². The van der Waals surface area contributed by atoms with Crippen LogP contribution in [0.3, 0.4) is 0 Å². The first kappa shape index (κ1) is 24.2. The van der Waals surface area contributed by atoms with Crippen LogP contribution >= 0.6 is 0 Å². The largest absolute Gasteiger partial charge is 0.508 e. The summed E-state index contributed by atoms with van der Waals surface area (Å²) in [4.78, 5) is 21.2. The molecule has 202 valence electrons. The van der Waals surface area contributed by atoms with E-state index in [0.29, 0.717) is 48.0 Å². The molecule has 0 saturated carbocycles. The summed E-state index contributed by atoms with van der Waals surface area (Å²) < 4.78 is 12.9. The van der Waals surface area contributed by atoms with Gasteiger partial charge < -0.3 is 24.5 Å². The van der Waals surface area contributed by atoms with E-state index in [1.807, 2.05) is 54.6 Å². The normalized spacial score (nSPS) is 15.9. The van der Waals surface area contributed by atoms with Crippen molar-refractivity contribution in [1.82, 2.24) is 30.1 Å². The topological polar surface area (TPSA) is 122 Å². The Hall–Kier alpha value is -4.90. The number of hydrogen-bond acceptors (Lipinski definition) is 9. The first-order chi connectivity index (χ1) is 19.6. The molecule has 2 N–H and O–H groups in total. The lowest BCUT2D eigenvalue weighted by molar-refractivity contribution is 0.174. The van der Waals surface area contributed by atoms with E-state index in [-0.39, 0.29) is 18.1 Å². The highest BCUT2D eigenvalue weighted by Gasteiger charge is 2.33. The van der Waals surface area contributed by atoms with Crippen molar-refractivity contribution in [1.29, 1.82) is 0 Å². The number of fused-ring (bicyclic) bond motifs is 2. The number of ether oxygens (including phenoxy) is 2. The number of hydrogen-bond donors (Lipinski definition) is 2. The molecule has 40 heavy (non-hydrogen) atoms. The minimum absolute atomic E-state index is 0.158. The number of rotatable bonds is 6. The molecule has 2 aromatic heterocycles. The fraction of sp³-hybridized carbons (Fsp3) is 0.241. The van der Waals surface area contributed by atoms with E-state index in [1.165, 1.54) is 0 Å². The highest BCUT2D eigenvalue weighted by Crippen LogP contribution is 2.36. The van der Waals surface area contributed by atoms with Crippen LogP contribution in [0.2, 0.25) is 0 Å². The number of tetrazole rings is 1. The third-order valence-electron chi connectivity index (χ3n) is 7.53. The molecular formula is C29H27N7O4. The van der Waals surface area contributed by atoms with Crippen LogP contribution < -0.4 is 19.9 Å². The van der Waals surface area contributed by atoms with Crippen LogP contribution in [0.15, 0.2) is 77.6 Å². The number of aromatic amines is 1. The Bertz CT molecular complexity index is 1710. The zero-order valence-electron chi connectivity index (χ0n) is 21.6. The van der Waals surface area contributed by atoms with Crippen molar-refractivity contribution in [2.75, 3.05) is 37.9 Å². The first-order valence-electron chi connectivity index (χ1n) is 13.2. The molecule has 0 aliphatic carbocycles. The summed E-state index contributed by atoms with van der Waals surface area (Å²) in [5.74, 6) is 2.11. The second-order valence-corrected chi connectivity index (χ2v) is 9.97. The molecule has 7 rings (SSSR count). The van der Waals surface area contributed by atoms with Crippen molar-refractivity contribution in [3.05, 3.63) is 100 Å². The van der Waals surface area contributed by atoms with E-state index in [1.54, 1.807) is 22.9 Å². The van der Waals surface area contributed by atoms with Gasteiger partial charge in [0.15, 0.2) is 17.3 Å². The number of phenols is 1. The van der Waals surface area contributed by atoms with E-state index in [4.69, 9.17) is 9.47 Å². The molecule has 1 saturated heterocycles. The van der Waals surface area contributed by atoms with Crippen molar-refractivity contribution in [3.63, 3.8) is 0 Å². The molecule has 4 heterocycles. The Kier molecular flexibility index (Phi) is 6.05. The summed E-state index contributed by atoms with van der Waals surface area (Å²) in [6, 6.07) is 22.4. The van der Waals surface area contributed by atoms with Crippen LogP contribution in [0.25, 0.3) is 10.9 Å². The number of piperazine rings is 1. The summed E-state index contributed by atoms with van der Waals surface area (Å²) in [5.41, 5.74) is 3.15. The number of aromatic nitrogens is 5. The third-order valence-corrected chi connectivity index (χ3v) is 7.53. The van der Waals surface area contributed by atoms with Crippen LogP contribution in [0.1, 0.15) is 23.0 Å². The molecule has 3 aromatic carbocycles. The number of phenolic OH excluding ortho intramolecular Hbond substituents is 1. The predicted molar refractivity (Wildman–Crippen MR) is 148 cm³/mol. The van der Waals surface area contributed by atoms with Crippen molar-refractivity contribution in [2.45, 2.75) is 12.6 Å².